The molecular weight excluding hydrogens is 314 g/mol. The average molecular weight is 330 g/mol. The molecule has 0 amide bonds. The van der Waals surface area contributed by atoms with Crippen LogP contribution in [0.25, 0.3) is 0 Å². The number of hydrogen-bond donors (Lipinski definition) is 0. The van der Waals surface area contributed by atoms with Crippen molar-refractivity contribution in [2.75, 3.05) is 0 Å². The molecule has 2 rings (SSSR count). The van der Waals surface area contributed by atoms with Crippen LogP contribution in [0.2, 0.25) is 0 Å². The van der Waals surface area contributed by atoms with Gasteiger partial charge in [-0.05, 0) is 64.2 Å². The van der Waals surface area contributed by atoms with E-state index in [0.717, 1.165) is 21.5 Å². The predicted molar refractivity (Wildman–Crippen MR) is 84.2 cm³/mol. The molecule has 0 spiro atoms. The molecule has 0 aromatic heterocycles. The Labute approximate surface area is 128 Å². The molecule has 0 aliphatic heterocycles. The molecule has 0 saturated heterocycles. The smallest absolute Gasteiger partial charge is 0.141 e. The number of rotatable bonds is 3. The maximum atomic E-state index is 8.88. The molecule has 2 aromatic rings. The third-order valence-electron chi connectivity index (χ3n) is 3.07. The summed E-state index contributed by atoms with van der Waals surface area (Å²) in [6, 6.07) is 13.7. The summed E-state index contributed by atoms with van der Waals surface area (Å²) >= 11 is 3.45. The van der Waals surface area contributed by atoms with Crippen molar-refractivity contribution >= 4 is 15.9 Å². The minimum Gasteiger partial charge on any atom is -0.456 e. The number of benzene rings is 2. The lowest BCUT2D eigenvalue weighted by Crippen LogP contribution is -1.95. The Morgan fingerprint density at radius 1 is 1.10 bits per heavy atom. The fourth-order valence-corrected chi connectivity index (χ4v) is 2.44. The van der Waals surface area contributed by atoms with E-state index in [1.165, 1.54) is 5.56 Å². The van der Waals surface area contributed by atoms with Crippen LogP contribution < -0.4 is 4.74 Å². The monoisotopic (exact) mass is 329 g/mol. The molecule has 3 heteroatoms. The third kappa shape index (κ3) is 3.20. The Morgan fingerprint density at radius 3 is 2.45 bits per heavy atom. The molecular formula is C17H16BrNO. The van der Waals surface area contributed by atoms with Crippen LogP contribution >= 0.6 is 15.9 Å². The summed E-state index contributed by atoms with van der Waals surface area (Å²) in [5.74, 6) is 1.98. The fraction of sp³-hybridized carbons (Fsp3) is 0.235. The van der Waals surface area contributed by atoms with Gasteiger partial charge in [0.1, 0.15) is 11.5 Å². The van der Waals surface area contributed by atoms with Crippen molar-refractivity contribution in [2.45, 2.75) is 26.7 Å². The molecule has 0 unspecified atom stereocenters. The van der Waals surface area contributed by atoms with Gasteiger partial charge in [-0.15, -0.1) is 0 Å². The van der Waals surface area contributed by atoms with Crippen LogP contribution in [0.15, 0.2) is 40.9 Å². The predicted octanol–water partition coefficient (Wildman–Crippen LogP) is 5.54. The molecule has 0 radical (unpaired) electrons. The number of aryl methyl sites for hydroxylation is 1. The van der Waals surface area contributed by atoms with E-state index in [2.05, 4.69) is 48.0 Å². The van der Waals surface area contributed by atoms with E-state index < -0.39 is 0 Å². The minimum atomic E-state index is 0.391. The quantitative estimate of drug-likeness (QED) is 0.740. The second-order valence-electron chi connectivity index (χ2n) is 5.06. The fourth-order valence-electron chi connectivity index (χ4n) is 1.98. The first-order valence-electron chi connectivity index (χ1n) is 6.49. The van der Waals surface area contributed by atoms with E-state index in [9.17, 15) is 0 Å². The highest BCUT2D eigenvalue weighted by atomic mass is 79.9. The highest BCUT2D eigenvalue weighted by Crippen LogP contribution is 2.35. The van der Waals surface area contributed by atoms with Gasteiger partial charge in [0.2, 0.25) is 0 Å². The van der Waals surface area contributed by atoms with Crippen LogP contribution in [0.5, 0.6) is 11.5 Å². The number of ether oxygens (including phenoxy) is 1. The number of nitrogens with zero attached hydrogens (tertiary/aromatic N) is 1. The van der Waals surface area contributed by atoms with E-state index in [4.69, 9.17) is 10.00 Å². The first-order valence-corrected chi connectivity index (χ1v) is 7.28. The zero-order valence-electron chi connectivity index (χ0n) is 11.8. The molecule has 0 aliphatic carbocycles. The van der Waals surface area contributed by atoms with Crippen LogP contribution in [0.4, 0.5) is 0 Å². The number of hydrogen-bond acceptors (Lipinski definition) is 2. The Morgan fingerprint density at radius 2 is 1.85 bits per heavy atom. The van der Waals surface area contributed by atoms with Gasteiger partial charge in [-0.25, -0.2) is 0 Å². The molecule has 0 bridgehead atoms. The largest absolute Gasteiger partial charge is 0.456 e. The zero-order chi connectivity index (χ0) is 14.7. The normalized spacial score (nSPS) is 10.4. The lowest BCUT2D eigenvalue weighted by Gasteiger charge is -2.15. The van der Waals surface area contributed by atoms with Crippen molar-refractivity contribution in [2.24, 2.45) is 0 Å². The SMILES string of the molecule is Cc1ccc(C(C)C)c(Oc2ccc(C#N)cc2Br)c1. The Kier molecular flexibility index (Phi) is 4.46. The van der Waals surface area contributed by atoms with Gasteiger partial charge in [-0.2, -0.15) is 5.26 Å². The van der Waals surface area contributed by atoms with Gasteiger partial charge in [0.25, 0.3) is 0 Å². The first kappa shape index (κ1) is 14.6. The van der Waals surface area contributed by atoms with Gasteiger partial charge in [0, 0.05) is 0 Å². The lowest BCUT2D eigenvalue weighted by molar-refractivity contribution is 0.470. The summed E-state index contributed by atoms with van der Waals surface area (Å²) in [7, 11) is 0. The molecule has 0 fully saturated rings. The summed E-state index contributed by atoms with van der Waals surface area (Å²) in [5, 5.41) is 8.88. The molecule has 20 heavy (non-hydrogen) atoms. The Hall–Kier alpha value is -1.79. The van der Waals surface area contributed by atoms with Crippen LogP contribution in [0.1, 0.15) is 36.5 Å². The van der Waals surface area contributed by atoms with Crippen molar-refractivity contribution in [1.29, 1.82) is 5.26 Å². The molecule has 0 heterocycles. The summed E-state index contributed by atoms with van der Waals surface area (Å²) < 4.78 is 6.81. The van der Waals surface area contributed by atoms with Crippen LogP contribution in [-0.2, 0) is 0 Å². The lowest BCUT2D eigenvalue weighted by atomic mass is 10.0. The first-order chi connectivity index (χ1) is 9.51. The van der Waals surface area contributed by atoms with Gasteiger partial charge in [0.15, 0.2) is 0 Å². The highest BCUT2D eigenvalue weighted by molar-refractivity contribution is 9.10. The van der Waals surface area contributed by atoms with Crippen molar-refractivity contribution in [3.8, 4) is 17.6 Å². The average Bonchev–Trinajstić information content (AvgIpc) is 2.40. The standard InChI is InChI=1S/C17H16BrNO/c1-11(2)14-6-4-12(3)8-17(14)20-16-7-5-13(10-19)9-15(16)18/h4-9,11H,1-3H3. The van der Waals surface area contributed by atoms with E-state index in [-0.39, 0.29) is 0 Å². The van der Waals surface area contributed by atoms with E-state index in [0.29, 0.717) is 11.5 Å². The van der Waals surface area contributed by atoms with Gasteiger partial charge in [-0.1, -0.05) is 26.0 Å². The van der Waals surface area contributed by atoms with Crippen molar-refractivity contribution < 1.29 is 4.74 Å². The second kappa shape index (κ2) is 6.11. The summed E-state index contributed by atoms with van der Waals surface area (Å²) in [4.78, 5) is 0. The van der Waals surface area contributed by atoms with E-state index in [1.807, 2.05) is 19.1 Å². The van der Waals surface area contributed by atoms with Gasteiger partial charge >= 0.3 is 0 Å². The van der Waals surface area contributed by atoms with Crippen LogP contribution in [-0.4, -0.2) is 0 Å². The molecule has 2 aromatic carbocycles. The maximum absolute atomic E-state index is 8.88. The number of halogens is 1. The van der Waals surface area contributed by atoms with Crippen molar-refractivity contribution in [1.82, 2.24) is 0 Å². The highest BCUT2D eigenvalue weighted by Gasteiger charge is 2.11. The third-order valence-corrected chi connectivity index (χ3v) is 3.69. The zero-order valence-corrected chi connectivity index (χ0v) is 13.4. The van der Waals surface area contributed by atoms with E-state index in [1.54, 1.807) is 12.1 Å². The van der Waals surface area contributed by atoms with Gasteiger partial charge < -0.3 is 4.74 Å². The van der Waals surface area contributed by atoms with Crippen LogP contribution in [0, 0.1) is 18.3 Å². The van der Waals surface area contributed by atoms with Crippen molar-refractivity contribution in [3.63, 3.8) is 0 Å². The maximum Gasteiger partial charge on any atom is 0.141 e. The Balaban J connectivity index is 2.39. The topological polar surface area (TPSA) is 33.0 Å². The molecule has 0 saturated carbocycles. The second-order valence-corrected chi connectivity index (χ2v) is 5.91. The minimum absolute atomic E-state index is 0.391. The van der Waals surface area contributed by atoms with Gasteiger partial charge in [0.05, 0.1) is 16.1 Å². The molecule has 0 atom stereocenters. The summed E-state index contributed by atoms with van der Waals surface area (Å²) in [6.07, 6.45) is 0. The summed E-state index contributed by atoms with van der Waals surface area (Å²) in [6.45, 7) is 6.33. The molecule has 0 aliphatic rings. The molecule has 2 nitrogen and oxygen atoms in total. The Bertz CT molecular complexity index is 671. The van der Waals surface area contributed by atoms with Crippen LogP contribution in [0.3, 0.4) is 0 Å². The molecule has 102 valence electrons. The van der Waals surface area contributed by atoms with Gasteiger partial charge in [-0.3, -0.25) is 0 Å². The van der Waals surface area contributed by atoms with Crippen molar-refractivity contribution in [3.05, 3.63) is 57.6 Å². The number of nitriles is 1. The summed E-state index contributed by atoms with van der Waals surface area (Å²) in [5.41, 5.74) is 2.94. The van der Waals surface area contributed by atoms with E-state index >= 15 is 0 Å². The molecule has 0 N–H and O–H groups in total.